The Morgan fingerprint density at radius 2 is 2.22 bits per heavy atom. The van der Waals surface area contributed by atoms with Gasteiger partial charge in [0.15, 0.2) is 10.8 Å². The van der Waals surface area contributed by atoms with Crippen LogP contribution in [0, 0.1) is 5.41 Å². The summed E-state index contributed by atoms with van der Waals surface area (Å²) in [6.07, 6.45) is 4.43. The molecule has 1 aromatic rings. The minimum atomic E-state index is -0.165. The Bertz CT molecular complexity index is 430. The molecular formula is C13H18ClN3O. The third kappa shape index (κ3) is 3.42. The molecule has 18 heavy (non-hydrogen) atoms. The number of halogens is 1. The van der Waals surface area contributed by atoms with Crippen molar-refractivity contribution >= 4 is 17.5 Å². The van der Waals surface area contributed by atoms with Gasteiger partial charge in [-0.15, -0.1) is 10.2 Å². The molecule has 0 radical (unpaired) electrons. The minimum absolute atomic E-state index is 0.165. The summed E-state index contributed by atoms with van der Waals surface area (Å²) >= 11 is 5.64. The predicted molar refractivity (Wildman–Crippen MR) is 70.5 cm³/mol. The lowest BCUT2D eigenvalue weighted by atomic mass is 9.75. The van der Waals surface area contributed by atoms with Crippen molar-refractivity contribution in [1.29, 1.82) is 0 Å². The molecule has 1 heterocycles. The highest BCUT2D eigenvalue weighted by atomic mass is 35.5. The van der Waals surface area contributed by atoms with E-state index >= 15 is 0 Å². The standard InChI is InChI=1S/C13H18ClN3O/c1-13(2)7-3-4-9(8-13)15-12(18)10-5-6-11(14)17-16-10/h5-6,9H,3-4,7-8H2,1-2H3,(H,15,18). The van der Waals surface area contributed by atoms with Crippen LogP contribution >= 0.6 is 11.6 Å². The van der Waals surface area contributed by atoms with Gasteiger partial charge in [-0.25, -0.2) is 0 Å². The van der Waals surface area contributed by atoms with Gasteiger partial charge in [0.05, 0.1) is 0 Å². The van der Waals surface area contributed by atoms with Gasteiger partial charge in [-0.05, 0) is 36.8 Å². The van der Waals surface area contributed by atoms with Gasteiger partial charge in [0.25, 0.3) is 5.91 Å². The fourth-order valence-corrected chi connectivity index (χ4v) is 2.62. The second kappa shape index (κ2) is 5.22. The lowest BCUT2D eigenvalue weighted by molar-refractivity contribution is 0.0896. The number of carbonyl (C=O) groups is 1. The first kappa shape index (κ1) is 13.3. The summed E-state index contributed by atoms with van der Waals surface area (Å²) in [4.78, 5) is 12.0. The summed E-state index contributed by atoms with van der Waals surface area (Å²) in [7, 11) is 0. The molecule has 1 aliphatic carbocycles. The van der Waals surface area contributed by atoms with Gasteiger partial charge in [0.2, 0.25) is 0 Å². The van der Waals surface area contributed by atoms with Crippen molar-refractivity contribution < 1.29 is 4.79 Å². The van der Waals surface area contributed by atoms with Crippen LogP contribution in [-0.2, 0) is 0 Å². The molecule has 1 fully saturated rings. The van der Waals surface area contributed by atoms with Gasteiger partial charge < -0.3 is 5.32 Å². The summed E-state index contributed by atoms with van der Waals surface area (Å²) in [5.41, 5.74) is 0.629. The Kier molecular flexibility index (Phi) is 3.85. The number of aromatic nitrogens is 2. The molecule has 1 saturated carbocycles. The monoisotopic (exact) mass is 267 g/mol. The minimum Gasteiger partial charge on any atom is -0.348 e. The van der Waals surface area contributed by atoms with E-state index in [0.29, 0.717) is 16.3 Å². The smallest absolute Gasteiger partial charge is 0.272 e. The maximum Gasteiger partial charge on any atom is 0.272 e. The van der Waals surface area contributed by atoms with Crippen LogP contribution in [-0.4, -0.2) is 22.1 Å². The van der Waals surface area contributed by atoms with Gasteiger partial charge in [-0.1, -0.05) is 31.9 Å². The maximum absolute atomic E-state index is 12.0. The van der Waals surface area contributed by atoms with E-state index < -0.39 is 0 Å². The Labute approximate surface area is 112 Å². The highest BCUT2D eigenvalue weighted by Crippen LogP contribution is 2.35. The van der Waals surface area contributed by atoms with Crippen LogP contribution in [0.3, 0.4) is 0 Å². The molecule has 1 aromatic heterocycles. The number of hydrogen-bond donors (Lipinski definition) is 1. The fraction of sp³-hybridized carbons (Fsp3) is 0.615. The predicted octanol–water partition coefficient (Wildman–Crippen LogP) is 2.83. The van der Waals surface area contributed by atoms with E-state index in [1.807, 2.05) is 0 Å². The van der Waals surface area contributed by atoms with Gasteiger partial charge in [-0.2, -0.15) is 0 Å². The SMILES string of the molecule is CC1(C)CCCC(NC(=O)c2ccc(Cl)nn2)C1. The van der Waals surface area contributed by atoms with Crippen LogP contribution < -0.4 is 5.32 Å². The van der Waals surface area contributed by atoms with Crippen molar-refractivity contribution in [3.63, 3.8) is 0 Å². The van der Waals surface area contributed by atoms with E-state index in [2.05, 4.69) is 29.4 Å². The van der Waals surface area contributed by atoms with Crippen molar-refractivity contribution in [3.8, 4) is 0 Å². The average molecular weight is 268 g/mol. The Morgan fingerprint density at radius 3 is 2.83 bits per heavy atom. The van der Waals surface area contributed by atoms with E-state index in [0.717, 1.165) is 19.3 Å². The summed E-state index contributed by atoms with van der Waals surface area (Å²) in [5, 5.41) is 10.8. The molecule has 1 atom stereocenters. The first-order valence-electron chi connectivity index (χ1n) is 6.26. The number of rotatable bonds is 2. The Hall–Kier alpha value is -1.16. The topological polar surface area (TPSA) is 54.9 Å². The molecule has 0 aliphatic heterocycles. The van der Waals surface area contributed by atoms with Crippen molar-refractivity contribution in [3.05, 3.63) is 23.0 Å². The van der Waals surface area contributed by atoms with Gasteiger partial charge in [0, 0.05) is 6.04 Å². The molecule has 98 valence electrons. The summed E-state index contributed by atoms with van der Waals surface area (Å²) in [6.45, 7) is 4.49. The first-order valence-corrected chi connectivity index (χ1v) is 6.64. The normalized spacial score (nSPS) is 22.5. The average Bonchev–Trinajstić information content (AvgIpc) is 2.28. The zero-order chi connectivity index (χ0) is 13.2. The molecule has 2 rings (SSSR count). The van der Waals surface area contributed by atoms with Crippen LogP contribution in [0.2, 0.25) is 5.15 Å². The van der Waals surface area contributed by atoms with Crippen molar-refractivity contribution in [2.45, 2.75) is 45.6 Å². The van der Waals surface area contributed by atoms with E-state index in [9.17, 15) is 4.79 Å². The number of hydrogen-bond acceptors (Lipinski definition) is 3. The Morgan fingerprint density at radius 1 is 1.44 bits per heavy atom. The van der Waals surface area contributed by atoms with E-state index in [1.54, 1.807) is 12.1 Å². The molecule has 1 amide bonds. The number of nitrogens with one attached hydrogen (secondary N) is 1. The van der Waals surface area contributed by atoms with E-state index in [4.69, 9.17) is 11.6 Å². The molecule has 1 unspecified atom stereocenters. The highest BCUT2D eigenvalue weighted by Gasteiger charge is 2.29. The number of carbonyl (C=O) groups excluding carboxylic acids is 1. The third-order valence-electron chi connectivity index (χ3n) is 3.40. The summed E-state index contributed by atoms with van der Waals surface area (Å²) in [5.74, 6) is -0.165. The Balaban J connectivity index is 1.97. The molecule has 0 bridgehead atoms. The summed E-state index contributed by atoms with van der Waals surface area (Å²) < 4.78 is 0. The van der Waals surface area contributed by atoms with Gasteiger partial charge in [-0.3, -0.25) is 4.79 Å². The van der Waals surface area contributed by atoms with Gasteiger partial charge in [0.1, 0.15) is 0 Å². The van der Waals surface area contributed by atoms with E-state index in [1.165, 1.54) is 6.42 Å². The fourth-order valence-electron chi connectivity index (χ4n) is 2.52. The second-order valence-corrected chi connectivity index (χ2v) is 6.06. The van der Waals surface area contributed by atoms with Crippen LogP contribution in [0.15, 0.2) is 12.1 Å². The highest BCUT2D eigenvalue weighted by molar-refractivity contribution is 6.29. The zero-order valence-corrected chi connectivity index (χ0v) is 11.5. The van der Waals surface area contributed by atoms with Crippen molar-refractivity contribution in [2.24, 2.45) is 5.41 Å². The van der Waals surface area contributed by atoms with Gasteiger partial charge >= 0.3 is 0 Å². The molecule has 1 aliphatic rings. The molecule has 5 heteroatoms. The molecule has 0 aromatic carbocycles. The molecule has 0 saturated heterocycles. The second-order valence-electron chi connectivity index (χ2n) is 5.67. The summed E-state index contributed by atoms with van der Waals surface area (Å²) in [6, 6.07) is 3.41. The quantitative estimate of drug-likeness (QED) is 0.896. The zero-order valence-electron chi connectivity index (χ0n) is 10.7. The maximum atomic E-state index is 12.0. The molecule has 4 nitrogen and oxygen atoms in total. The largest absolute Gasteiger partial charge is 0.348 e. The van der Waals surface area contributed by atoms with Crippen LogP contribution in [0.5, 0.6) is 0 Å². The molecule has 1 N–H and O–H groups in total. The number of nitrogens with zero attached hydrogens (tertiary/aromatic N) is 2. The first-order chi connectivity index (χ1) is 8.46. The third-order valence-corrected chi connectivity index (χ3v) is 3.61. The lowest BCUT2D eigenvalue weighted by Gasteiger charge is -2.35. The van der Waals surface area contributed by atoms with Crippen molar-refractivity contribution in [2.75, 3.05) is 0 Å². The lowest BCUT2D eigenvalue weighted by Crippen LogP contribution is -2.41. The number of amides is 1. The molecule has 0 spiro atoms. The van der Waals surface area contributed by atoms with Crippen molar-refractivity contribution in [1.82, 2.24) is 15.5 Å². The van der Waals surface area contributed by atoms with E-state index in [-0.39, 0.29) is 11.9 Å². The molecular weight excluding hydrogens is 250 g/mol. The van der Waals surface area contributed by atoms with Crippen LogP contribution in [0.25, 0.3) is 0 Å². The van der Waals surface area contributed by atoms with Crippen LogP contribution in [0.1, 0.15) is 50.0 Å². The van der Waals surface area contributed by atoms with Crippen LogP contribution in [0.4, 0.5) is 0 Å².